The van der Waals surface area contributed by atoms with E-state index in [4.69, 9.17) is 11.6 Å². The van der Waals surface area contributed by atoms with E-state index in [9.17, 15) is 0 Å². The molecule has 1 unspecified atom stereocenters. The molecule has 0 aromatic carbocycles. The van der Waals surface area contributed by atoms with E-state index in [-0.39, 0.29) is 0 Å². The summed E-state index contributed by atoms with van der Waals surface area (Å²) in [7, 11) is 0. The summed E-state index contributed by atoms with van der Waals surface area (Å²) in [5, 5.41) is 4.27. The van der Waals surface area contributed by atoms with Crippen molar-refractivity contribution in [3.63, 3.8) is 0 Å². The highest BCUT2D eigenvalue weighted by Gasteiger charge is 2.13. The maximum absolute atomic E-state index is 6.19. The number of nitrogens with zero attached hydrogens (tertiary/aromatic N) is 1. The van der Waals surface area contributed by atoms with Crippen molar-refractivity contribution in [1.82, 2.24) is 10.3 Å². The van der Waals surface area contributed by atoms with Gasteiger partial charge in [0, 0.05) is 18.4 Å². The van der Waals surface area contributed by atoms with Crippen molar-refractivity contribution in [2.24, 2.45) is 0 Å². The first-order chi connectivity index (χ1) is 8.15. The van der Waals surface area contributed by atoms with E-state index >= 15 is 0 Å². The van der Waals surface area contributed by atoms with Gasteiger partial charge < -0.3 is 5.32 Å². The molecular weight excluding hydrogens is 232 g/mol. The van der Waals surface area contributed by atoms with Crippen LogP contribution in [0.3, 0.4) is 0 Å². The zero-order valence-corrected chi connectivity index (χ0v) is 11.4. The van der Waals surface area contributed by atoms with Gasteiger partial charge >= 0.3 is 0 Å². The summed E-state index contributed by atoms with van der Waals surface area (Å²) in [6.07, 6.45) is 6.66. The smallest absolute Gasteiger partial charge is 0.0637 e. The van der Waals surface area contributed by atoms with Gasteiger partial charge in [-0.1, -0.05) is 24.1 Å². The van der Waals surface area contributed by atoms with Crippen molar-refractivity contribution < 1.29 is 0 Å². The molecule has 0 fully saturated rings. The molecule has 0 spiro atoms. The second-order valence-electron chi connectivity index (χ2n) is 4.40. The summed E-state index contributed by atoms with van der Waals surface area (Å²) in [5.74, 6) is 0. The molecule has 1 aromatic rings. The van der Waals surface area contributed by atoms with Crippen LogP contribution in [0.15, 0.2) is 30.6 Å². The first kappa shape index (κ1) is 14.2. The van der Waals surface area contributed by atoms with Crippen molar-refractivity contribution in [1.29, 1.82) is 0 Å². The molecule has 1 atom stereocenters. The Bertz CT molecular complexity index is 363. The summed E-state index contributed by atoms with van der Waals surface area (Å²) in [4.78, 5) is 4.03. The Hall–Kier alpha value is -0.860. The lowest BCUT2D eigenvalue weighted by atomic mass is 10.0. The fourth-order valence-corrected chi connectivity index (χ4v) is 2.00. The van der Waals surface area contributed by atoms with Crippen molar-refractivity contribution in [3.8, 4) is 0 Å². The normalized spacial score (nSPS) is 12.4. The van der Waals surface area contributed by atoms with E-state index in [2.05, 4.69) is 30.7 Å². The first-order valence-corrected chi connectivity index (χ1v) is 6.50. The van der Waals surface area contributed by atoms with Gasteiger partial charge in [-0.15, -0.1) is 6.58 Å². The summed E-state index contributed by atoms with van der Waals surface area (Å²) in [6, 6.07) is 2.29. The molecule has 1 rings (SSSR count). The fraction of sp³-hybridized carbons (Fsp3) is 0.500. The van der Waals surface area contributed by atoms with Crippen LogP contribution in [0.1, 0.15) is 44.7 Å². The molecule has 0 saturated heterocycles. The van der Waals surface area contributed by atoms with Crippen molar-refractivity contribution in [2.45, 2.75) is 39.2 Å². The predicted octanol–water partition coefficient (Wildman–Crippen LogP) is 4.13. The van der Waals surface area contributed by atoms with Gasteiger partial charge in [0.05, 0.1) is 5.02 Å². The Morgan fingerprint density at radius 3 is 2.94 bits per heavy atom. The number of rotatable bonds is 7. The Kier molecular flexibility index (Phi) is 6.23. The molecule has 0 amide bonds. The molecule has 3 heteroatoms. The fourth-order valence-electron chi connectivity index (χ4n) is 1.75. The van der Waals surface area contributed by atoms with E-state index in [0.29, 0.717) is 6.04 Å². The maximum atomic E-state index is 6.19. The number of nitrogens with one attached hydrogen (secondary N) is 1. The van der Waals surface area contributed by atoms with Crippen LogP contribution in [0.5, 0.6) is 0 Å². The zero-order valence-electron chi connectivity index (χ0n) is 10.7. The predicted molar refractivity (Wildman–Crippen MR) is 74.3 cm³/mol. The van der Waals surface area contributed by atoms with Gasteiger partial charge in [0.1, 0.15) is 0 Å². The third-order valence-corrected chi connectivity index (χ3v) is 3.00. The molecule has 0 saturated carbocycles. The Labute approximate surface area is 109 Å². The molecule has 0 aliphatic rings. The molecule has 2 nitrogen and oxygen atoms in total. The van der Waals surface area contributed by atoms with Crippen LogP contribution >= 0.6 is 11.6 Å². The molecule has 94 valence electrons. The van der Waals surface area contributed by atoms with Gasteiger partial charge in [0.25, 0.3) is 0 Å². The van der Waals surface area contributed by atoms with Crippen LogP contribution in [0, 0.1) is 0 Å². The quantitative estimate of drug-likeness (QED) is 0.738. The summed E-state index contributed by atoms with van der Waals surface area (Å²) in [6.45, 7) is 9.17. The average Bonchev–Trinajstić information content (AvgIpc) is 2.30. The van der Waals surface area contributed by atoms with Crippen LogP contribution in [0.4, 0.5) is 0 Å². The number of halogens is 1. The van der Waals surface area contributed by atoms with Crippen molar-refractivity contribution in [3.05, 3.63) is 41.2 Å². The van der Waals surface area contributed by atoms with Crippen LogP contribution in [-0.2, 0) is 0 Å². The monoisotopic (exact) mass is 252 g/mol. The third-order valence-electron chi connectivity index (χ3n) is 2.68. The van der Waals surface area contributed by atoms with E-state index in [1.54, 1.807) is 12.4 Å². The SMILES string of the molecule is C=C(C)CCC(NCCC)c1ccncc1Cl. The van der Waals surface area contributed by atoms with Gasteiger partial charge in [0.2, 0.25) is 0 Å². The molecule has 1 aromatic heterocycles. The first-order valence-electron chi connectivity index (χ1n) is 6.12. The molecule has 0 aliphatic carbocycles. The molecule has 1 N–H and O–H groups in total. The zero-order chi connectivity index (χ0) is 12.7. The Balaban J connectivity index is 2.74. The summed E-state index contributed by atoms with van der Waals surface area (Å²) >= 11 is 6.19. The van der Waals surface area contributed by atoms with Gasteiger partial charge in [-0.05, 0) is 44.4 Å². The lowest BCUT2D eigenvalue weighted by Crippen LogP contribution is -2.22. The van der Waals surface area contributed by atoms with Gasteiger partial charge in [-0.3, -0.25) is 4.98 Å². The van der Waals surface area contributed by atoms with Gasteiger partial charge in [-0.25, -0.2) is 0 Å². The standard InChI is InChI=1S/C14H21ClN2/c1-4-8-17-14(6-5-11(2)3)12-7-9-16-10-13(12)15/h7,9-10,14,17H,2,4-6,8H2,1,3H3. The van der Waals surface area contributed by atoms with Crippen LogP contribution in [0.2, 0.25) is 5.02 Å². The van der Waals surface area contributed by atoms with E-state index in [1.165, 1.54) is 5.57 Å². The second-order valence-corrected chi connectivity index (χ2v) is 4.81. The van der Waals surface area contributed by atoms with Crippen LogP contribution in [0.25, 0.3) is 0 Å². The van der Waals surface area contributed by atoms with E-state index in [1.807, 2.05) is 6.07 Å². The number of aromatic nitrogens is 1. The third kappa shape index (κ3) is 4.88. The lowest BCUT2D eigenvalue weighted by Gasteiger charge is -2.20. The van der Waals surface area contributed by atoms with Gasteiger partial charge in [0.15, 0.2) is 0 Å². The summed E-state index contributed by atoms with van der Waals surface area (Å²) in [5.41, 5.74) is 2.34. The minimum absolute atomic E-state index is 0.294. The second kappa shape index (κ2) is 7.46. The average molecular weight is 253 g/mol. The highest BCUT2D eigenvalue weighted by Crippen LogP contribution is 2.26. The molecule has 17 heavy (non-hydrogen) atoms. The highest BCUT2D eigenvalue weighted by molar-refractivity contribution is 6.31. The molecule has 1 heterocycles. The highest BCUT2D eigenvalue weighted by atomic mass is 35.5. The number of allylic oxidation sites excluding steroid dienone is 1. The van der Waals surface area contributed by atoms with Crippen LogP contribution in [-0.4, -0.2) is 11.5 Å². The topological polar surface area (TPSA) is 24.9 Å². The number of hydrogen-bond acceptors (Lipinski definition) is 2. The number of hydrogen-bond donors (Lipinski definition) is 1. The molecule has 0 aliphatic heterocycles. The maximum Gasteiger partial charge on any atom is 0.0637 e. The van der Waals surface area contributed by atoms with E-state index < -0.39 is 0 Å². The minimum Gasteiger partial charge on any atom is -0.310 e. The van der Waals surface area contributed by atoms with Crippen molar-refractivity contribution in [2.75, 3.05) is 6.54 Å². The van der Waals surface area contributed by atoms with Crippen LogP contribution < -0.4 is 5.32 Å². The van der Waals surface area contributed by atoms with Gasteiger partial charge in [-0.2, -0.15) is 0 Å². The van der Waals surface area contributed by atoms with E-state index in [0.717, 1.165) is 36.4 Å². The molecule has 0 radical (unpaired) electrons. The Morgan fingerprint density at radius 1 is 1.59 bits per heavy atom. The molecular formula is C14H21ClN2. The molecule has 0 bridgehead atoms. The minimum atomic E-state index is 0.294. The largest absolute Gasteiger partial charge is 0.310 e. The van der Waals surface area contributed by atoms with Crippen molar-refractivity contribution >= 4 is 11.6 Å². The summed E-state index contributed by atoms with van der Waals surface area (Å²) < 4.78 is 0. The number of pyridine rings is 1. The lowest BCUT2D eigenvalue weighted by molar-refractivity contribution is 0.498. The Morgan fingerprint density at radius 2 is 2.35 bits per heavy atom.